The predicted molar refractivity (Wildman–Crippen MR) is 66.0 cm³/mol. The summed E-state index contributed by atoms with van der Waals surface area (Å²) >= 11 is 0. The van der Waals surface area contributed by atoms with Crippen LogP contribution in [0.3, 0.4) is 0 Å². The molecule has 0 spiro atoms. The third-order valence-electron chi connectivity index (χ3n) is 2.79. The highest BCUT2D eigenvalue weighted by atomic mass is 28.3. The highest BCUT2D eigenvalue weighted by Gasteiger charge is 2.78. The van der Waals surface area contributed by atoms with E-state index in [-0.39, 0.29) is 6.42 Å². The number of halogens is 11. The van der Waals surface area contributed by atoms with Crippen LogP contribution in [-0.4, -0.2) is 52.2 Å². The third-order valence-corrected chi connectivity index (χ3v) is 4.36. The Labute approximate surface area is 136 Å². The van der Waals surface area contributed by atoms with Crippen LogP contribution >= 0.6 is 0 Å². The van der Waals surface area contributed by atoms with Crippen LogP contribution in [0, 0.1) is 0 Å². The van der Waals surface area contributed by atoms with Crippen molar-refractivity contribution in [2.45, 2.75) is 55.8 Å². The second kappa shape index (κ2) is 7.94. The molecule has 0 aromatic rings. The van der Waals surface area contributed by atoms with Crippen molar-refractivity contribution >= 4 is 8.80 Å². The first-order chi connectivity index (χ1) is 10.9. The van der Waals surface area contributed by atoms with Crippen LogP contribution in [0.4, 0.5) is 48.3 Å². The molecule has 0 aliphatic rings. The molecule has 0 radical (unpaired) electrons. The zero-order chi connectivity index (χ0) is 20.3. The molecule has 1 unspecified atom stereocenters. The molecule has 0 bridgehead atoms. The van der Waals surface area contributed by atoms with Crippen LogP contribution in [-0.2, 0) is 9.47 Å². The molecule has 0 aromatic heterocycles. The summed E-state index contributed by atoms with van der Waals surface area (Å²) in [4.78, 5) is 0. The molecule has 0 N–H and O–H groups in total. The molecule has 14 heteroatoms. The summed E-state index contributed by atoms with van der Waals surface area (Å²) in [5.41, 5.74) is 0. The molecular formula is C11H15F11O2Si. The van der Waals surface area contributed by atoms with E-state index >= 15 is 0 Å². The Morgan fingerprint density at radius 2 is 1.24 bits per heavy atom. The first kappa shape index (κ1) is 24.4. The van der Waals surface area contributed by atoms with Gasteiger partial charge in [0.05, 0.1) is 0 Å². The van der Waals surface area contributed by atoms with Gasteiger partial charge in [0.25, 0.3) is 0 Å². The largest absolute Gasteiger partial charge is 0.462 e. The Morgan fingerprint density at radius 1 is 0.760 bits per heavy atom. The summed E-state index contributed by atoms with van der Waals surface area (Å²) in [6.45, 7) is 0.854. The third kappa shape index (κ3) is 6.23. The van der Waals surface area contributed by atoms with Gasteiger partial charge in [-0.2, -0.15) is 48.3 Å². The van der Waals surface area contributed by atoms with Crippen molar-refractivity contribution in [1.29, 1.82) is 0 Å². The number of ether oxygens (including phenoxy) is 2. The zero-order valence-electron chi connectivity index (χ0n) is 12.9. The molecule has 25 heavy (non-hydrogen) atoms. The fraction of sp³-hybridized carbons (Fsp3) is 1.00. The van der Waals surface area contributed by atoms with Crippen molar-refractivity contribution < 1.29 is 57.8 Å². The normalized spacial score (nSPS) is 17.0. The van der Waals surface area contributed by atoms with Gasteiger partial charge in [-0.25, -0.2) is 0 Å². The van der Waals surface area contributed by atoms with E-state index in [1.54, 1.807) is 0 Å². The maximum atomic E-state index is 13.7. The highest BCUT2D eigenvalue weighted by molar-refractivity contribution is 6.55. The monoisotopic (exact) mass is 416 g/mol. The maximum absolute atomic E-state index is 13.7. The number of hydrogen-bond acceptors (Lipinski definition) is 2. The van der Waals surface area contributed by atoms with Crippen molar-refractivity contribution in [3.8, 4) is 0 Å². The minimum Gasteiger partial charge on any atom is -0.375 e. The molecule has 152 valence electrons. The molecule has 0 fully saturated rings. The van der Waals surface area contributed by atoms with Gasteiger partial charge in [-0.15, -0.1) is 0 Å². The average Bonchev–Trinajstić information content (AvgIpc) is 2.34. The van der Waals surface area contributed by atoms with Crippen molar-refractivity contribution in [1.82, 2.24) is 0 Å². The topological polar surface area (TPSA) is 18.5 Å². The van der Waals surface area contributed by atoms with Gasteiger partial charge in [0.15, 0.2) is 0 Å². The van der Waals surface area contributed by atoms with Crippen LogP contribution in [0.2, 0.25) is 19.1 Å². The van der Waals surface area contributed by atoms with Crippen molar-refractivity contribution in [3.05, 3.63) is 0 Å². The predicted octanol–water partition coefficient (Wildman–Crippen LogP) is 4.91. The van der Waals surface area contributed by atoms with Crippen LogP contribution in [0.25, 0.3) is 0 Å². The van der Waals surface area contributed by atoms with Crippen LogP contribution in [0.15, 0.2) is 0 Å². The van der Waals surface area contributed by atoms with E-state index in [2.05, 4.69) is 9.47 Å². The van der Waals surface area contributed by atoms with E-state index in [9.17, 15) is 48.3 Å². The molecular weight excluding hydrogens is 401 g/mol. The molecule has 0 heterocycles. The van der Waals surface area contributed by atoms with E-state index in [1.165, 1.54) is 0 Å². The minimum absolute atomic E-state index is 0.132. The van der Waals surface area contributed by atoms with Gasteiger partial charge in [-0.3, -0.25) is 4.74 Å². The fourth-order valence-corrected chi connectivity index (χ4v) is 2.38. The molecule has 1 atom stereocenters. The lowest BCUT2D eigenvalue weighted by atomic mass is 10.2. The standard InChI is InChI=1S/C11H15F11O2Si/c1-25(2)5-3-4-23-6-7(12,9(15,16)17)24-11(21,22)8(13,14)10(18,19)20/h25H,3-6H2,1-2H3. The molecule has 0 saturated carbocycles. The van der Waals surface area contributed by atoms with Gasteiger partial charge in [-0.1, -0.05) is 19.1 Å². The molecule has 0 aromatic carbocycles. The summed E-state index contributed by atoms with van der Waals surface area (Å²) in [5, 5.41) is 0. The van der Waals surface area contributed by atoms with Gasteiger partial charge < -0.3 is 4.74 Å². The lowest BCUT2D eigenvalue weighted by molar-refractivity contribution is -0.486. The second-order valence-electron chi connectivity index (χ2n) is 5.51. The molecule has 0 rings (SSSR count). The summed E-state index contributed by atoms with van der Waals surface area (Å²) < 4.78 is 144. The first-order valence-corrected chi connectivity index (χ1v) is 9.86. The molecule has 0 aliphatic heterocycles. The van der Waals surface area contributed by atoms with Gasteiger partial charge in [0.2, 0.25) is 0 Å². The first-order valence-electron chi connectivity index (χ1n) is 6.73. The van der Waals surface area contributed by atoms with Crippen LogP contribution < -0.4 is 0 Å². The molecule has 2 nitrogen and oxygen atoms in total. The van der Waals surface area contributed by atoms with Crippen molar-refractivity contribution in [2.24, 2.45) is 0 Å². The van der Waals surface area contributed by atoms with Crippen molar-refractivity contribution in [2.75, 3.05) is 13.2 Å². The van der Waals surface area contributed by atoms with E-state index < -0.39 is 52.2 Å². The fourth-order valence-electron chi connectivity index (χ4n) is 1.40. The van der Waals surface area contributed by atoms with Crippen molar-refractivity contribution in [3.63, 3.8) is 0 Å². The number of alkyl halides is 11. The molecule has 0 amide bonds. The second-order valence-corrected chi connectivity index (χ2v) is 8.87. The highest BCUT2D eigenvalue weighted by Crippen LogP contribution is 2.50. The average molecular weight is 416 g/mol. The quantitative estimate of drug-likeness (QED) is 0.302. The van der Waals surface area contributed by atoms with Gasteiger partial charge in [0.1, 0.15) is 6.61 Å². The summed E-state index contributed by atoms with van der Waals surface area (Å²) in [5.74, 6) is -12.6. The summed E-state index contributed by atoms with van der Waals surface area (Å²) in [6.07, 6.45) is -20.0. The number of hydrogen-bond donors (Lipinski definition) is 0. The van der Waals surface area contributed by atoms with Gasteiger partial charge in [-0.05, 0) is 6.42 Å². The Hall–Kier alpha value is -0.633. The number of rotatable bonds is 9. The minimum atomic E-state index is -7.05. The smallest absolute Gasteiger partial charge is 0.375 e. The van der Waals surface area contributed by atoms with Crippen LogP contribution in [0.5, 0.6) is 0 Å². The van der Waals surface area contributed by atoms with Gasteiger partial charge >= 0.3 is 30.2 Å². The molecule has 0 saturated heterocycles. The van der Waals surface area contributed by atoms with E-state index in [1.807, 2.05) is 13.1 Å². The lowest BCUT2D eigenvalue weighted by Crippen LogP contribution is -2.60. The van der Waals surface area contributed by atoms with Gasteiger partial charge in [0, 0.05) is 15.4 Å². The van der Waals surface area contributed by atoms with Crippen LogP contribution in [0.1, 0.15) is 6.42 Å². The summed E-state index contributed by atoms with van der Waals surface area (Å²) in [6, 6.07) is 0.536. The summed E-state index contributed by atoms with van der Waals surface area (Å²) in [7, 11) is -1.14. The molecule has 0 aliphatic carbocycles. The SMILES string of the molecule is C[SiH](C)CCCOCC(F)(OC(F)(F)C(F)(F)C(F)(F)F)C(F)(F)F. The van der Waals surface area contributed by atoms with E-state index in [0.717, 1.165) is 0 Å². The zero-order valence-corrected chi connectivity index (χ0v) is 14.0. The van der Waals surface area contributed by atoms with E-state index in [4.69, 9.17) is 0 Å². The Bertz CT molecular complexity index is 421. The maximum Gasteiger partial charge on any atom is 0.462 e. The Morgan fingerprint density at radius 3 is 1.60 bits per heavy atom. The Kier molecular flexibility index (Phi) is 7.74. The Balaban J connectivity index is 5.22. The lowest BCUT2D eigenvalue weighted by Gasteiger charge is -2.34. The van der Waals surface area contributed by atoms with E-state index in [0.29, 0.717) is 6.04 Å².